The molecule has 1 aliphatic rings. The van der Waals surface area contributed by atoms with Gasteiger partial charge in [0, 0.05) is 18.1 Å². The molecule has 0 amide bonds. The molecule has 20 heavy (non-hydrogen) atoms. The standard InChI is InChI=1S/C13H15N3O3S/c1-16-5-6-20-7-9(16)12-14-13(19-15-12)8-3-2-4-10(17)11(8)18/h2-4,9,17-18H,5-7H2,1H3. The second-order valence-corrected chi connectivity index (χ2v) is 5.85. The highest BCUT2D eigenvalue weighted by Gasteiger charge is 2.26. The number of rotatable bonds is 2. The van der Waals surface area contributed by atoms with Crippen LogP contribution in [0.25, 0.3) is 11.5 Å². The van der Waals surface area contributed by atoms with E-state index in [9.17, 15) is 10.2 Å². The lowest BCUT2D eigenvalue weighted by Crippen LogP contribution is -2.33. The van der Waals surface area contributed by atoms with Crippen LogP contribution in [0, 0.1) is 0 Å². The molecular weight excluding hydrogens is 278 g/mol. The molecule has 1 unspecified atom stereocenters. The highest BCUT2D eigenvalue weighted by atomic mass is 32.2. The molecule has 1 aliphatic heterocycles. The van der Waals surface area contributed by atoms with Crippen LogP contribution < -0.4 is 0 Å². The zero-order valence-corrected chi connectivity index (χ0v) is 11.8. The lowest BCUT2D eigenvalue weighted by atomic mass is 10.2. The minimum Gasteiger partial charge on any atom is -0.504 e. The normalized spacial score (nSPS) is 20.1. The van der Waals surface area contributed by atoms with Gasteiger partial charge in [-0.1, -0.05) is 11.2 Å². The molecule has 7 heteroatoms. The van der Waals surface area contributed by atoms with Crippen molar-refractivity contribution in [3.63, 3.8) is 0 Å². The molecule has 1 atom stereocenters. The molecule has 1 aromatic carbocycles. The number of aromatic nitrogens is 2. The van der Waals surface area contributed by atoms with Gasteiger partial charge in [-0.3, -0.25) is 4.90 Å². The third-order valence-electron chi connectivity index (χ3n) is 3.38. The van der Waals surface area contributed by atoms with E-state index in [4.69, 9.17) is 4.52 Å². The molecule has 0 radical (unpaired) electrons. The van der Waals surface area contributed by atoms with E-state index in [2.05, 4.69) is 15.0 Å². The Labute approximate surface area is 120 Å². The first-order valence-corrected chi connectivity index (χ1v) is 7.45. The van der Waals surface area contributed by atoms with E-state index in [0.717, 1.165) is 18.1 Å². The van der Waals surface area contributed by atoms with Gasteiger partial charge in [-0.25, -0.2) is 0 Å². The Morgan fingerprint density at radius 1 is 1.40 bits per heavy atom. The zero-order valence-electron chi connectivity index (χ0n) is 11.0. The van der Waals surface area contributed by atoms with Crippen LogP contribution >= 0.6 is 11.8 Å². The van der Waals surface area contributed by atoms with E-state index >= 15 is 0 Å². The predicted octanol–water partition coefficient (Wildman–Crippen LogP) is 1.87. The largest absolute Gasteiger partial charge is 0.504 e. The van der Waals surface area contributed by atoms with Gasteiger partial charge in [-0.2, -0.15) is 16.7 Å². The second kappa shape index (κ2) is 5.34. The highest BCUT2D eigenvalue weighted by molar-refractivity contribution is 7.99. The summed E-state index contributed by atoms with van der Waals surface area (Å²) in [5.74, 6) is 2.41. The summed E-state index contributed by atoms with van der Waals surface area (Å²) in [7, 11) is 2.03. The van der Waals surface area contributed by atoms with Crippen LogP contribution in [0.3, 0.4) is 0 Å². The molecule has 0 saturated carbocycles. The van der Waals surface area contributed by atoms with Crippen molar-refractivity contribution < 1.29 is 14.7 Å². The van der Waals surface area contributed by atoms with Gasteiger partial charge in [-0.05, 0) is 19.2 Å². The Balaban J connectivity index is 1.92. The van der Waals surface area contributed by atoms with E-state index in [1.807, 2.05) is 18.8 Å². The van der Waals surface area contributed by atoms with Gasteiger partial charge >= 0.3 is 0 Å². The molecular formula is C13H15N3O3S. The van der Waals surface area contributed by atoms with Crippen LogP contribution in [0.4, 0.5) is 0 Å². The lowest BCUT2D eigenvalue weighted by Gasteiger charge is -2.29. The lowest BCUT2D eigenvalue weighted by molar-refractivity contribution is 0.257. The molecule has 2 heterocycles. The Hall–Kier alpha value is -1.73. The monoisotopic (exact) mass is 293 g/mol. The molecule has 1 fully saturated rings. The number of aromatic hydroxyl groups is 2. The van der Waals surface area contributed by atoms with E-state index in [0.29, 0.717) is 11.4 Å². The molecule has 1 aromatic heterocycles. The SMILES string of the molecule is CN1CCSCC1c1noc(-c2cccc(O)c2O)n1. The quantitative estimate of drug-likeness (QED) is 0.818. The summed E-state index contributed by atoms with van der Waals surface area (Å²) in [4.78, 5) is 6.54. The van der Waals surface area contributed by atoms with Crippen LogP contribution in [0.1, 0.15) is 11.9 Å². The fraction of sp³-hybridized carbons (Fsp3) is 0.385. The Bertz CT molecular complexity index is 617. The van der Waals surface area contributed by atoms with Crippen molar-refractivity contribution in [1.82, 2.24) is 15.0 Å². The number of hydrogen-bond donors (Lipinski definition) is 2. The van der Waals surface area contributed by atoms with Crippen molar-refractivity contribution in [1.29, 1.82) is 0 Å². The molecule has 0 aliphatic carbocycles. The maximum Gasteiger partial charge on any atom is 0.261 e. The average molecular weight is 293 g/mol. The fourth-order valence-corrected chi connectivity index (χ4v) is 3.35. The smallest absolute Gasteiger partial charge is 0.261 e. The van der Waals surface area contributed by atoms with E-state index in [1.54, 1.807) is 12.1 Å². The predicted molar refractivity (Wildman–Crippen MR) is 75.8 cm³/mol. The van der Waals surface area contributed by atoms with Crippen molar-refractivity contribution >= 4 is 11.8 Å². The summed E-state index contributed by atoms with van der Waals surface area (Å²) in [5, 5.41) is 23.3. The van der Waals surface area contributed by atoms with Crippen LogP contribution in [-0.4, -0.2) is 50.4 Å². The minimum atomic E-state index is -0.242. The Kier molecular flexibility index (Phi) is 3.54. The molecule has 1 saturated heterocycles. The average Bonchev–Trinajstić information content (AvgIpc) is 2.92. The molecule has 106 valence electrons. The van der Waals surface area contributed by atoms with Gasteiger partial charge in [0.1, 0.15) is 0 Å². The third-order valence-corrected chi connectivity index (χ3v) is 4.40. The first kappa shape index (κ1) is 13.3. The summed E-state index contributed by atoms with van der Waals surface area (Å²) in [5.41, 5.74) is 0.342. The molecule has 0 bridgehead atoms. The first-order valence-electron chi connectivity index (χ1n) is 6.29. The fourth-order valence-electron chi connectivity index (χ4n) is 2.14. The van der Waals surface area contributed by atoms with Crippen molar-refractivity contribution in [2.24, 2.45) is 0 Å². The number of para-hydroxylation sites is 1. The number of nitrogens with zero attached hydrogens (tertiary/aromatic N) is 3. The zero-order chi connectivity index (χ0) is 14.1. The van der Waals surface area contributed by atoms with E-state index in [1.165, 1.54) is 6.07 Å². The number of thioether (sulfide) groups is 1. The van der Waals surface area contributed by atoms with Crippen molar-refractivity contribution in [3.05, 3.63) is 24.0 Å². The molecule has 6 nitrogen and oxygen atoms in total. The summed E-state index contributed by atoms with van der Waals surface area (Å²) >= 11 is 1.86. The van der Waals surface area contributed by atoms with Gasteiger partial charge in [-0.15, -0.1) is 0 Å². The maximum absolute atomic E-state index is 9.83. The Morgan fingerprint density at radius 2 is 2.25 bits per heavy atom. The highest BCUT2D eigenvalue weighted by Crippen LogP contribution is 2.36. The first-order chi connectivity index (χ1) is 9.66. The van der Waals surface area contributed by atoms with Crippen LogP contribution in [0.2, 0.25) is 0 Å². The van der Waals surface area contributed by atoms with Crippen LogP contribution in [0.5, 0.6) is 11.5 Å². The van der Waals surface area contributed by atoms with Gasteiger partial charge in [0.15, 0.2) is 17.3 Å². The van der Waals surface area contributed by atoms with Crippen molar-refractivity contribution in [2.75, 3.05) is 25.1 Å². The number of phenols is 2. The summed E-state index contributed by atoms with van der Waals surface area (Å²) in [6, 6.07) is 4.77. The van der Waals surface area contributed by atoms with Crippen LogP contribution in [0.15, 0.2) is 22.7 Å². The van der Waals surface area contributed by atoms with E-state index < -0.39 is 0 Å². The minimum absolute atomic E-state index is 0.116. The third kappa shape index (κ3) is 2.34. The van der Waals surface area contributed by atoms with Crippen molar-refractivity contribution in [2.45, 2.75) is 6.04 Å². The molecule has 2 aromatic rings. The number of benzene rings is 1. The van der Waals surface area contributed by atoms with Gasteiger partial charge in [0.05, 0.1) is 11.6 Å². The van der Waals surface area contributed by atoms with Gasteiger partial charge in [0.2, 0.25) is 0 Å². The molecule has 2 N–H and O–H groups in total. The topological polar surface area (TPSA) is 82.6 Å². The summed E-state index contributed by atoms with van der Waals surface area (Å²) in [6.07, 6.45) is 0. The van der Waals surface area contributed by atoms with Gasteiger partial charge in [0.25, 0.3) is 5.89 Å². The number of hydrogen-bond acceptors (Lipinski definition) is 7. The van der Waals surface area contributed by atoms with Crippen LogP contribution in [-0.2, 0) is 0 Å². The summed E-state index contributed by atoms with van der Waals surface area (Å²) in [6.45, 7) is 0.983. The number of phenolic OH excluding ortho intramolecular Hbond substituents is 2. The molecule has 3 rings (SSSR count). The van der Waals surface area contributed by atoms with E-state index in [-0.39, 0.29) is 23.4 Å². The van der Waals surface area contributed by atoms with Crippen molar-refractivity contribution in [3.8, 4) is 23.0 Å². The molecule has 0 spiro atoms. The second-order valence-electron chi connectivity index (χ2n) is 4.70. The summed E-state index contributed by atoms with van der Waals surface area (Å²) < 4.78 is 5.22. The van der Waals surface area contributed by atoms with Gasteiger partial charge < -0.3 is 14.7 Å². The maximum atomic E-state index is 9.83. The Morgan fingerprint density at radius 3 is 3.05 bits per heavy atom.